The summed E-state index contributed by atoms with van der Waals surface area (Å²) in [5.41, 5.74) is 2.47. The van der Waals surface area contributed by atoms with Crippen LogP contribution in [0.15, 0.2) is 35.4 Å². The Morgan fingerprint density at radius 1 is 1.19 bits per heavy atom. The van der Waals surface area contributed by atoms with Gasteiger partial charge in [0, 0.05) is 17.7 Å². The fourth-order valence-corrected chi connectivity index (χ4v) is 3.28. The third kappa shape index (κ3) is 3.47. The van der Waals surface area contributed by atoms with Crippen LogP contribution < -0.4 is 5.32 Å². The van der Waals surface area contributed by atoms with Gasteiger partial charge in [-0.25, -0.2) is 24.9 Å². The van der Waals surface area contributed by atoms with Gasteiger partial charge in [-0.2, -0.15) is 0 Å². The van der Waals surface area contributed by atoms with E-state index in [1.54, 1.807) is 31.5 Å². The molecule has 32 heavy (non-hydrogen) atoms. The quantitative estimate of drug-likeness (QED) is 0.393. The molecule has 0 fully saturated rings. The summed E-state index contributed by atoms with van der Waals surface area (Å²) in [7, 11) is 0. The minimum absolute atomic E-state index is 0.183. The smallest absolute Gasteiger partial charge is 0.271 e. The highest BCUT2D eigenvalue weighted by molar-refractivity contribution is 6.03. The molecule has 0 radical (unpaired) electrons. The minimum Gasteiger partial charge on any atom is -0.358 e. The monoisotopic (exact) mass is 431 g/mol. The van der Waals surface area contributed by atoms with Crippen molar-refractivity contribution in [2.24, 2.45) is 0 Å². The van der Waals surface area contributed by atoms with Crippen LogP contribution in [0.2, 0.25) is 0 Å². The van der Waals surface area contributed by atoms with E-state index in [9.17, 15) is 4.79 Å². The first-order valence-electron chi connectivity index (χ1n) is 10.1. The van der Waals surface area contributed by atoms with E-state index in [0.717, 1.165) is 0 Å². The zero-order valence-electron chi connectivity index (χ0n) is 18.0. The van der Waals surface area contributed by atoms with Gasteiger partial charge in [0.1, 0.15) is 34.7 Å². The first-order chi connectivity index (χ1) is 15.3. The molecular weight excluding hydrogens is 410 g/mol. The SMILES string of the molecule is C[C@@H](NC(=O)c1ncnc2[nH]ccc12)c1cc(-c2nc3nc(C(C)(C)C)ncc3[nH]2)no1. The zero-order chi connectivity index (χ0) is 22.5. The molecule has 0 unspecified atom stereocenters. The van der Waals surface area contributed by atoms with Gasteiger partial charge >= 0.3 is 0 Å². The van der Waals surface area contributed by atoms with Gasteiger partial charge in [0.25, 0.3) is 5.91 Å². The third-order valence-corrected chi connectivity index (χ3v) is 5.02. The Bertz CT molecular complexity index is 1440. The molecule has 3 N–H and O–H groups in total. The number of imidazole rings is 1. The lowest BCUT2D eigenvalue weighted by Crippen LogP contribution is -2.27. The van der Waals surface area contributed by atoms with Crippen molar-refractivity contribution < 1.29 is 9.32 Å². The van der Waals surface area contributed by atoms with Crippen LogP contribution in [0.5, 0.6) is 0 Å². The van der Waals surface area contributed by atoms with Crippen LogP contribution in [-0.4, -0.2) is 46.0 Å². The molecule has 5 heterocycles. The van der Waals surface area contributed by atoms with Gasteiger partial charge in [-0.1, -0.05) is 25.9 Å². The van der Waals surface area contributed by atoms with Crippen LogP contribution in [0.3, 0.4) is 0 Å². The molecule has 1 amide bonds. The lowest BCUT2D eigenvalue weighted by atomic mass is 9.96. The summed E-state index contributed by atoms with van der Waals surface area (Å²) in [6.45, 7) is 7.94. The van der Waals surface area contributed by atoms with Crippen molar-refractivity contribution in [3.05, 3.63) is 48.1 Å². The third-order valence-electron chi connectivity index (χ3n) is 5.02. The number of amides is 1. The zero-order valence-corrected chi connectivity index (χ0v) is 18.0. The molecular formula is C21H21N9O2. The lowest BCUT2D eigenvalue weighted by molar-refractivity contribution is 0.0930. The number of hydrogen-bond donors (Lipinski definition) is 3. The summed E-state index contributed by atoms with van der Waals surface area (Å²) in [4.78, 5) is 40.6. The molecule has 11 nitrogen and oxygen atoms in total. The van der Waals surface area contributed by atoms with Crippen LogP contribution in [0.25, 0.3) is 33.7 Å². The summed E-state index contributed by atoms with van der Waals surface area (Å²) in [6.07, 6.45) is 4.78. The number of aromatic amines is 2. The van der Waals surface area contributed by atoms with E-state index in [1.165, 1.54) is 6.33 Å². The first kappa shape index (κ1) is 19.8. The van der Waals surface area contributed by atoms with Gasteiger partial charge in [0.05, 0.1) is 17.6 Å². The molecule has 0 aliphatic heterocycles. The van der Waals surface area contributed by atoms with Crippen molar-refractivity contribution in [1.29, 1.82) is 0 Å². The number of hydrogen-bond acceptors (Lipinski definition) is 8. The summed E-state index contributed by atoms with van der Waals surface area (Å²) < 4.78 is 5.46. The Morgan fingerprint density at radius 2 is 2.03 bits per heavy atom. The highest BCUT2D eigenvalue weighted by atomic mass is 16.5. The molecule has 0 aliphatic rings. The van der Waals surface area contributed by atoms with Crippen LogP contribution in [0.4, 0.5) is 0 Å². The van der Waals surface area contributed by atoms with Gasteiger partial charge in [0.2, 0.25) is 0 Å². The maximum absolute atomic E-state index is 12.7. The van der Waals surface area contributed by atoms with Crippen molar-refractivity contribution in [1.82, 2.24) is 45.4 Å². The highest BCUT2D eigenvalue weighted by Crippen LogP contribution is 2.24. The average Bonchev–Trinajstić information content (AvgIpc) is 3.50. The Labute approximate surface area is 182 Å². The number of H-pyrrole nitrogens is 2. The normalized spacial score (nSPS) is 13.0. The van der Waals surface area contributed by atoms with Crippen LogP contribution in [0, 0.1) is 0 Å². The first-order valence-corrected chi connectivity index (χ1v) is 10.1. The predicted octanol–water partition coefficient (Wildman–Crippen LogP) is 3.07. The average molecular weight is 431 g/mol. The van der Waals surface area contributed by atoms with E-state index in [4.69, 9.17) is 4.52 Å². The Kier molecular flexibility index (Phi) is 4.47. The summed E-state index contributed by atoms with van der Waals surface area (Å²) in [5.74, 6) is 1.37. The van der Waals surface area contributed by atoms with Gasteiger partial charge in [-0.05, 0) is 13.0 Å². The molecule has 1 atom stereocenters. The predicted molar refractivity (Wildman–Crippen MR) is 116 cm³/mol. The fourth-order valence-electron chi connectivity index (χ4n) is 3.28. The standard InChI is InChI=1S/C21H21N9O2/c1-10(26-19(31)15-11-5-6-22-16(11)25-9-24-15)14-7-12(30-32-14)17-27-13-8-23-20(21(2,3)4)29-18(13)28-17/h5-10H,1-4H3,(H,26,31)(H,22,24,25)(H,23,27,28,29)/t10-/m1/s1. The van der Waals surface area contributed by atoms with Crippen LogP contribution in [0.1, 0.15) is 55.8 Å². The van der Waals surface area contributed by atoms with E-state index in [-0.39, 0.29) is 17.0 Å². The second-order valence-electron chi connectivity index (χ2n) is 8.54. The molecule has 5 rings (SSSR count). The highest BCUT2D eigenvalue weighted by Gasteiger charge is 2.22. The Balaban J connectivity index is 1.37. The fraction of sp³-hybridized carbons (Fsp3) is 0.286. The number of nitrogens with zero attached hydrogens (tertiary/aromatic N) is 6. The number of aromatic nitrogens is 8. The molecule has 5 aromatic heterocycles. The second-order valence-corrected chi connectivity index (χ2v) is 8.54. The van der Waals surface area contributed by atoms with Crippen LogP contribution >= 0.6 is 0 Å². The minimum atomic E-state index is -0.440. The van der Waals surface area contributed by atoms with Crippen molar-refractivity contribution >= 4 is 28.1 Å². The van der Waals surface area contributed by atoms with E-state index in [0.29, 0.717) is 45.3 Å². The molecule has 0 saturated carbocycles. The molecule has 11 heteroatoms. The van der Waals surface area contributed by atoms with Gasteiger partial charge in [-0.3, -0.25) is 4.79 Å². The second kappa shape index (κ2) is 7.22. The molecule has 0 bridgehead atoms. The van der Waals surface area contributed by atoms with Crippen molar-refractivity contribution in [3.8, 4) is 11.5 Å². The van der Waals surface area contributed by atoms with Gasteiger partial charge in [-0.15, -0.1) is 0 Å². The topological polar surface area (TPSA) is 151 Å². The van der Waals surface area contributed by atoms with E-state index in [2.05, 4.69) is 45.4 Å². The summed E-state index contributed by atoms with van der Waals surface area (Å²) in [6, 6.07) is 3.05. The number of nitrogens with one attached hydrogen (secondary N) is 3. The molecule has 0 spiro atoms. The Hall–Kier alpha value is -4.15. The number of carbonyl (C=O) groups is 1. The van der Waals surface area contributed by atoms with Crippen molar-refractivity contribution in [3.63, 3.8) is 0 Å². The summed E-state index contributed by atoms with van der Waals surface area (Å²) >= 11 is 0. The molecule has 5 aromatic rings. The van der Waals surface area contributed by atoms with Gasteiger partial charge in [0.15, 0.2) is 17.2 Å². The lowest BCUT2D eigenvalue weighted by Gasteiger charge is -2.15. The summed E-state index contributed by atoms with van der Waals surface area (Å²) in [5, 5.41) is 7.62. The van der Waals surface area contributed by atoms with Crippen LogP contribution in [-0.2, 0) is 5.41 Å². The maximum atomic E-state index is 12.7. The molecule has 0 aromatic carbocycles. The molecule has 0 saturated heterocycles. The van der Waals surface area contributed by atoms with Crippen molar-refractivity contribution in [2.45, 2.75) is 39.2 Å². The van der Waals surface area contributed by atoms with E-state index < -0.39 is 6.04 Å². The van der Waals surface area contributed by atoms with E-state index >= 15 is 0 Å². The number of fused-ring (bicyclic) bond motifs is 2. The molecule has 162 valence electrons. The molecule has 0 aliphatic carbocycles. The van der Waals surface area contributed by atoms with E-state index in [1.807, 2.05) is 20.8 Å². The van der Waals surface area contributed by atoms with Crippen molar-refractivity contribution in [2.75, 3.05) is 0 Å². The number of carbonyl (C=O) groups excluding carboxylic acids is 1. The van der Waals surface area contributed by atoms with Gasteiger partial charge < -0.3 is 19.8 Å². The largest absolute Gasteiger partial charge is 0.358 e. The number of rotatable bonds is 4. The maximum Gasteiger partial charge on any atom is 0.271 e. The Morgan fingerprint density at radius 3 is 2.84 bits per heavy atom.